The Morgan fingerprint density at radius 2 is 2.10 bits per heavy atom. The Morgan fingerprint density at radius 1 is 1.35 bits per heavy atom. The highest BCUT2D eigenvalue weighted by Gasteiger charge is 2.13. The topological polar surface area (TPSA) is 57.0 Å². The van der Waals surface area contributed by atoms with E-state index in [0.717, 1.165) is 10.6 Å². The van der Waals surface area contributed by atoms with Crippen LogP contribution in [0.25, 0.3) is 12.2 Å². The van der Waals surface area contributed by atoms with E-state index in [1.165, 1.54) is 24.6 Å². The third-order valence-corrected chi connectivity index (χ3v) is 3.56. The fourth-order valence-electron chi connectivity index (χ4n) is 1.52. The Kier molecular flexibility index (Phi) is 4.04. The molecule has 0 aromatic carbocycles. The molecule has 0 fully saturated rings. The number of aromatic nitrogens is 3. The molecule has 0 aliphatic heterocycles. The van der Waals surface area contributed by atoms with Gasteiger partial charge >= 0.3 is 5.97 Å². The van der Waals surface area contributed by atoms with Crippen molar-refractivity contribution in [1.82, 2.24) is 14.8 Å². The van der Waals surface area contributed by atoms with Crippen molar-refractivity contribution in [2.75, 3.05) is 7.11 Å². The summed E-state index contributed by atoms with van der Waals surface area (Å²) in [6.07, 6.45) is 9.09. The van der Waals surface area contributed by atoms with Gasteiger partial charge in [0.1, 0.15) is 9.88 Å². The van der Waals surface area contributed by atoms with Crippen molar-refractivity contribution >= 4 is 29.5 Å². The predicted octanol–water partition coefficient (Wildman–Crippen LogP) is 3.05. The van der Waals surface area contributed by atoms with E-state index in [2.05, 4.69) is 35.6 Å². The molecule has 2 aromatic heterocycles. The fraction of sp³-hybridized carbons (Fsp3) is 0.357. The number of esters is 1. The summed E-state index contributed by atoms with van der Waals surface area (Å²) >= 11 is 1.30. The molecule has 6 heteroatoms. The summed E-state index contributed by atoms with van der Waals surface area (Å²) in [5.41, 5.74) is 0.959. The second-order valence-electron chi connectivity index (χ2n) is 5.28. The Labute approximate surface area is 121 Å². The Morgan fingerprint density at radius 3 is 2.70 bits per heavy atom. The highest BCUT2D eigenvalue weighted by Crippen LogP contribution is 2.18. The van der Waals surface area contributed by atoms with Crippen LogP contribution in [0, 0.1) is 0 Å². The van der Waals surface area contributed by atoms with Crippen molar-refractivity contribution in [2.24, 2.45) is 0 Å². The van der Waals surface area contributed by atoms with Crippen molar-refractivity contribution in [1.29, 1.82) is 0 Å². The van der Waals surface area contributed by atoms with Gasteiger partial charge in [-0.3, -0.25) is 4.68 Å². The maximum atomic E-state index is 11.3. The number of methoxy groups -OCH3 is 1. The first kappa shape index (κ1) is 14.5. The van der Waals surface area contributed by atoms with Crippen LogP contribution in [0.2, 0.25) is 0 Å². The number of carbonyl (C=O) groups is 1. The van der Waals surface area contributed by atoms with Crippen LogP contribution < -0.4 is 0 Å². The van der Waals surface area contributed by atoms with Gasteiger partial charge in [0, 0.05) is 11.8 Å². The van der Waals surface area contributed by atoms with Gasteiger partial charge < -0.3 is 4.74 Å². The number of ether oxygens (including phenoxy) is 1. The molecule has 0 N–H and O–H groups in total. The van der Waals surface area contributed by atoms with Crippen LogP contribution in [0.4, 0.5) is 0 Å². The zero-order valence-corrected chi connectivity index (χ0v) is 12.8. The zero-order valence-electron chi connectivity index (χ0n) is 12.0. The van der Waals surface area contributed by atoms with Gasteiger partial charge in [0.05, 0.1) is 25.0 Å². The van der Waals surface area contributed by atoms with Crippen LogP contribution in [0.1, 0.15) is 41.0 Å². The van der Waals surface area contributed by atoms with Gasteiger partial charge in [0.2, 0.25) is 0 Å². The lowest BCUT2D eigenvalue weighted by Crippen LogP contribution is -2.21. The molecule has 106 valence electrons. The van der Waals surface area contributed by atoms with Crippen LogP contribution in [0.15, 0.2) is 18.6 Å². The SMILES string of the molecule is COC(=O)c1cnc(C=Cc2cnn(C(C)(C)C)c2)s1. The third-order valence-electron chi connectivity index (χ3n) is 2.62. The highest BCUT2D eigenvalue weighted by atomic mass is 32.1. The van der Waals surface area contributed by atoms with Crippen LogP contribution in [0.5, 0.6) is 0 Å². The number of nitrogens with zero attached hydrogens (tertiary/aromatic N) is 3. The second-order valence-corrected chi connectivity index (χ2v) is 6.34. The van der Waals surface area contributed by atoms with E-state index >= 15 is 0 Å². The van der Waals surface area contributed by atoms with Gasteiger partial charge in [-0.1, -0.05) is 0 Å². The molecule has 0 unspecified atom stereocenters. The number of thiazole rings is 1. The molecule has 0 aliphatic rings. The molecule has 5 nitrogen and oxygen atoms in total. The van der Waals surface area contributed by atoms with E-state index < -0.39 is 0 Å². The van der Waals surface area contributed by atoms with E-state index in [1.807, 2.05) is 23.0 Å². The van der Waals surface area contributed by atoms with Gasteiger partial charge in [-0.25, -0.2) is 9.78 Å². The molecule has 2 heterocycles. The van der Waals surface area contributed by atoms with Crippen molar-refractivity contribution in [2.45, 2.75) is 26.3 Å². The normalized spacial score (nSPS) is 12.0. The monoisotopic (exact) mass is 291 g/mol. The minimum atomic E-state index is -0.359. The Balaban J connectivity index is 2.11. The predicted molar refractivity (Wildman–Crippen MR) is 79.6 cm³/mol. The summed E-state index contributed by atoms with van der Waals surface area (Å²) in [4.78, 5) is 16.0. The molecule has 0 spiro atoms. The molecular weight excluding hydrogens is 274 g/mol. The minimum absolute atomic E-state index is 0.0364. The molecule has 0 bridgehead atoms. The highest BCUT2D eigenvalue weighted by molar-refractivity contribution is 7.14. The van der Waals surface area contributed by atoms with Crippen molar-refractivity contribution in [3.05, 3.63) is 34.0 Å². The maximum Gasteiger partial charge on any atom is 0.349 e. The number of rotatable bonds is 3. The molecule has 20 heavy (non-hydrogen) atoms. The summed E-state index contributed by atoms with van der Waals surface area (Å²) in [5.74, 6) is -0.359. The standard InChI is InChI=1S/C14H17N3O2S/c1-14(2,3)17-9-10(7-16-17)5-6-12-15-8-11(20-12)13(18)19-4/h5-9H,1-4H3. The van der Waals surface area contributed by atoms with Gasteiger partial charge in [-0.05, 0) is 32.9 Å². The first-order chi connectivity index (χ1) is 9.40. The van der Waals surface area contributed by atoms with E-state index in [1.54, 1.807) is 6.20 Å². The van der Waals surface area contributed by atoms with E-state index in [9.17, 15) is 4.79 Å². The number of hydrogen-bond donors (Lipinski definition) is 0. The molecular formula is C14H17N3O2S. The summed E-state index contributed by atoms with van der Waals surface area (Å²) < 4.78 is 6.56. The summed E-state index contributed by atoms with van der Waals surface area (Å²) in [5, 5.41) is 5.08. The quantitative estimate of drug-likeness (QED) is 0.816. The Hall–Kier alpha value is -1.95. The molecule has 0 saturated carbocycles. The van der Waals surface area contributed by atoms with Crippen LogP contribution in [-0.2, 0) is 10.3 Å². The third kappa shape index (κ3) is 3.33. The molecule has 0 amide bonds. The fourth-order valence-corrected chi connectivity index (χ4v) is 2.26. The lowest BCUT2D eigenvalue weighted by atomic mass is 10.1. The Bertz CT molecular complexity index is 635. The maximum absolute atomic E-state index is 11.3. The van der Waals surface area contributed by atoms with Crippen molar-refractivity contribution < 1.29 is 9.53 Å². The van der Waals surface area contributed by atoms with Gasteiger partial charge in [-0.2, -0.15) is 5.10 Å². The van der Waals surface area contributed by atoms with Crippen molar-refractivity contribution in [3.63, 3.8) is 0 Å². The van der Waals surface area contributed by atoms with Gasteiger partial charge in [0.15, 0.2) is 0 Å². The molecule has 0 radical (unpaired) electrons. The van der Waals surface area contributed by atoms with Gasteiger partial charge in [0.25, 0.3) is 0 Å². The molecule has 0 aliphatic carbocycles. The summed E-state index contributed by atoms with van der Waals surface area (Å²) in [6, 6.07) is 0. The summed E-state index contributed by atoms with van der Waals surface area (Å²) in [7, 11) is 1.36. The largest absolute Gasteiger partial charge is 0.465 e. The van der Waals surface area contributed by atoms with E-state index in [-0.39, 0.29) is 11.5 Å². The van der Waals surface area contributed by atoms with Crippen molar-refractivity contribution in [3.8, 4) is 0 Å². The average Bonchev–Trinajstić information content (AvgIpc) is 3.03. The number of hydrogen-bond acceptors (Lipinski definition) is 5. The minimum Gasteiger partial charge on any atom is -0.465 e. The lowest BCUT2D eigenvalue weighted by molar-refractivity contribution is 0.0606. The van der Waals surface area contributed by atoms with E-state index in [0.29, 0.717) is 4.88 Å². The van der Waals surface area contributed by atoms with E-state index in [4.69, 9.17) is 0 Å². The molecule has 2 rings (SSSR count). The average molecular weight is 291 g/mol. The van der Waals surface area contributed by atoms with Crippen LogP contribution >= 0.6 is 11.3 Å². The molecule has 2 aromatic rings. The second kappa shape index (κ2) is 5.58. The molecule has 0 atom stereocenters. The smallest absolute Gasteiger partial charge is 0.349 e. The summed E-state index contributed by atoms with van der Waals surface area (Å²) in [6.45, 7) is 6.28. The van der Waals surface area contributed by atoms with Gasteiger partial charge in [-0.15, -0.1) is 11.3 Å². The number of carbonyl (C=O) groups excluding carboxylic acids is 1. The van der Waals surface area contributed by atoms with Crippen LogP contribution in [0.3, 0.4) is 0 Å². The zero-order chi connectivity index (χ0) is 14.8. The first-order valence-electron chi connectivity index (χ1n) is 6.17. The lowest BCUT2D eigenvalue weighted by Gasteiger charge is -2.18. The van der Waals surface area contributed by atoms with Crippen LogP contribution in [-0.4, -0.2) is 27.8 Å². The first-order valence-corrected chi connectivity index (χ1v) is 6.99. The molecule has 0 saturated heterocycles.